The molecule has 0 spiro atoms. The molecule has 4 aliphatic rings. The van der Waals surface area contributed by atoms with Crippen LogP contribution in [0.1, 0.15) is 100 Å². The number of ether oxygens (including phenoxy) is 9. The number of aliphatic hydroxyl groups is 2. The van der Waals surface area contributed by atoms with Gasteiger partial charge in [0.05, 0.1) is 35.9 Å². The Labute approximate surface area is 405 Å². The zero-order valence-corrected chi connectivity index (χ0v) is 42.6. The van der Waals surface area contributed by atoms with Crippen molar-refractivity contribution in [3.63, 3.8) is 0 Å². The molecule has 18 atom stereocenters. The standard InChI is InChI=1S/C49H77FN4O15/c1-15-35-49(10)41(68-46(59)69-49)30(6)54(13)25-26(2)23-47(8,60)40(66-44-38(56)34(53(11)12)22-27(3)62-44)28(4)39(29(5)43(57)64-35)65-37-24-48(9,61-14)42(31(7)63-37)67-45(58)52-51-36(55)21-20-32-18-16-17-19-33(32)50/h16-21,26-31,34-35,37-42,44,56,60H,15,22-25H2,1-14H3,(H,51,55)(H,52,58)/b21-20+/t26-,27-,28+,29-,30-,31-,34+,35+,37-,38-,39+,40-,41-,42-,44+,47-,48+,49-/m0/s1. The van der Waals surface area contributed by atoms with Crippen LogP contribution in [0.2, 0.25) is 0 Å². The van der Waals surface area contributed by atoms with Gasteiger partial charge in [0.25, 0.3) is 5.91 Å². The summed E-state index contributed by atoms with van der Waals surface area (Å²) in [6, 6.07) is 5.13. The molecule has 5 rings (SSSR count). The summed E-state index contributed by atoms with van der Waals surface area (Å²) in [6.45, 7) is 18.2. The van der Waals surface area contributed by atoms with Gasteiger partial charge < -0.3 is 57.7 Å². The molecule has 1 aromatic carbocycles. The SMILES string of the molecule is CC[C@H]1OC(=O)[C@@H](C)[C@H](O[C@H]2C[C@@](C)(OC)[C@@H](OC(=O)NNC(=O)/C=C/c3ccccc3F)[C@H](C)O2)[C@@H](C)[C@H](O[C@H]2O[C@@H](C)C[C@@H](N(C)C)[C@@H]2O)[C@@](C)(O)C[C@H](C)CN(C)[C@@H](C)[C@@H]2OC(=O)O[C@@]12C. The van der Waals surface area contributed by atoms with Gasteiger partial charge in [-0.05, 0) is 107 Å². The van der Waals surface area contributed by atoms with E-state index < -0.39 is 120 Å². The second-order valence-electron chi connectivity index (χ2n) is 20.4. The molecule has 390 valence electrons. The van der Waals surface area contributed by atoms with E-state index in [0.29, 0.717) is 13.0 Å². The van der Waals surface area contributed by atoms with Crippen molar-refractivity contribution in [2.75, 3.05) is 34.8 Å². The molecule has 4 N–H and O–H groups in total. The van der Waals surface area contributed by atoms with Crippen molar-refractivity contribution in [2.24, 2.45) is 17.8 Å². The highest BCUT2D eigenvalue weighted by Crippen LogP contribution is 2.42. The predicted octanol–water partition coefficient (Wildman–Crippen LogP) is 4.70. The van der Waals surface area contributed by atoms with Crippen LogP contribution in [0.3, 0.4) is 0 Å². The highest BCUT2D eigenvalue weighted by atomic mass is 19.1. The number of rotatable bonds is 10. The Hall–Kier alpha value is -3.99. The highest BCUT2D eigenvalue weighted by molar-refractivity contribution is 5.92. The lowest BCUT2D eigenvalue weighted by atomic mass is 9.77. The van der Waals surface area contributed by atoms with Gasteiger partial charge in [-0.15, -0.1) is 0 Å². The van der Waals surface area contributed by atoms with Gasteiger partial charge in [0.1, 0.15) is 23.6 Å². The molecule has 0 aromatic heterocycles. The Bertz CT molecular complexity index is 1960. The maximum atomic E-state index is 14.7. The summed E-state index contributed by atoms with van der Waals surface area (Å²) < 4.78 is 70.1. The minimum atomic E-state index is -1.65. The lowest BCUT2D eigenvalue weighted by Crippen LogP contribution is -2.61. The summed E-state index contributed by atoms with van der Waals surface area (Å²) >= 11 is 0. The first-order valence-corrected chi connectivity index (χ1v) is 24.0. The van der Waals surface area contributed by atoms with E-state index in [1.807, 2.05) is 58.6 Å². The number of hydrogen-bond donors (Lipinski definition) is 4. The van der Waals surface area contributed by atoms with E-state index in [2.05, 4.69) is 10.9 Å². The minimum absolute atomic E-state index is 0.0468. The quantitative estimate of drug-likeness (QED) is 0.108. The third-order valence-electron chi connectivity index (χ3n) is 14.5. The summed E-state index contributed by atoms with van der Waals surface area (Å²) in [5.74, 6) is -4.14. The van der Waals surface area contributed by atoms with Gasteiger partial charge in [-0.2, -0.15) is 0 Å². The van der Waals surface area contributed by atoms with Gasteiger partial charge in [-0.3, -0.25) is 19.9 Å². The van der Waals surface area contributed by atoms with Gasteiger partial charge in [0, 0.05) is 49.7 Å². The Morgan fingerprint density at radius 1 is 0.986 bits per heavy atom. The number of aliphatic hydroxyl groups excluding tert-OH is 1. The molecule has 4 heterocycles. The highest BCUT2D eigenvalue weighted by Gasteiger charge is 2.58. The number of likely N-dealkylation sites (N-methyl/N-ethyl adjacent to an activating group) is 2. The van der Waals surface area contributed by atoms with Crippen LogP contribution in [0, 0.1) is 23.6 Å². The first kappa shape index (κ1) is 55.9. The second kappa shape index (κ2) is 23.0. The number of hydrogen-bond acceptors (Lipinski definition) is 17. The number of nitrogens with zero attached hydrogens (tertiary/aromatic N) is 2. The maximum Gasteiger partial charge on any atom is 0.509 e. The van der Waals surface area contributed by atoms with Gasteiger partial charge in [0.15, 0.2) is 30.4 Å². The third kappa shape index (κ3) is 13.1. The number of esters is 1. The van der Waals surface area contributed by atoms with Crippen LogP contribution in [0.25, 0.3) is 6.08 Å². The molecule has 0 unspecified atom stereocenters. The molecule has 0 radical (unpaired) electrons. The zero-order valence-electron chi connectivity index (χ0n) is 42.6. The van der Waals surface area contributed by atoms with Crippen LogP contribution in [0.4, 0.5) is 14.0 Å². The Kier molecular flexibility index (Phi) is 18.7. The number of amides is 2. The normalized spacial score (nSPS) is 40.7. The van der Waals surface area contributed by atoms with Gasteiger partial charge >= 0.3 is 18.2 Å². The van der Waals surface area contributed by atoms with Crippen molar-refractivity contribution < 1.29 is 76.4 Å². The second-order valence-corrected chi connectivity index (χ2v) is 20.4. The van der Waals surface area contributed by atoms with Crippen molar-refractivity contribution in [1.29, 1.82) is 0 Å². The summed E-state index contributed by atoms with van der Waals surface area (Å²) in [7, 11) is 7.05. The van der Waals surface area contributed by atoms with Crippen molar-refractivity contribution in [2.45, 2.75) is 185 Å². The largest absolute Gasteiger partial charge is 0.509 e. The summed E-state index contributed by atoms with van der Waals surface area (Å²) in [5, 5.41) is 24.5. The molecule has 4 fully saturated rings. The van der Waals surface area contributed by atoms with Crippen molar-refractivity contribution in [3.8, 4) is 0 Å². The van der Waals surface area contributed by atoms with Crippen molar-refractivity contribution >= 4 is 30.2 Å². The molecule has 1 aromatic rings. The topological polar surface area (TPSA) is 222 Å². The molecule has 69 heavy (non-hydrogen) atoms. The van der Waals surface area contributed by atoms with Crippen LogP contribution in [0.5, 0.6) is 0 Å². The van der Waals surface area contributed by atoms with Gasteiger partial charge in [-0.25, -0.2) is 19.4 Å². The van der Waals surface area contributed by atoms with E-state index in [4.69, 9.17) is 42.6 Å². The fraction of sp³-hybridized carbons (Fsp3) is 0.755. The fourth-order valence-corrected chi connectivity index (χ4v) is 10.6. The molecule has 4 saturated heterocycles. The molecule has 4 aliphatic heterocycles. The fourth-order valence-electron chi connectivity index (χ4n) is 10.6. The smallest absolute Gasteiger partial charge is 0.458 e. The van der Waals surface area contributed by atoms with E-state index in [9.17, 15) is 33.8 Å². The minimum Gasteiger partial charge on any atom is -0.458 e. The number of benzene rings is 1. The predicted molar refractivity (Wildman–Crippen MR) is 248 cm³/mol. The average molecular weight is 981 g/mol. The average Bonchev–Trinajstić information content (AvgIpc) is 3.59. The molecule has 0 aliphatic carbocycles. The van der Waals surface area contributed by atoms with Crippen molar-refractivity contribution in [1.82, 2.24) is 20.7 Å². The van der Waals surface area contributed by atoms with Crippen molar-refractivity contribution in [3.05, 3.63) is 41.7 Å². The van der Waals surface area contributed by atoms with E-state index >= 15 is 0 Å². The lowest BCUT2D eigenvalue weighted by molar-refractivity contribution is -0.317. The Balaban J connectivity index is 1.47. The van der Waals surface area contributed by atoms with Crippen LogP contribution >= 0.6 is 0 Å². The van der Waals surface area contributed by atoms with E-state index in [-0.39, 0.29) is 42.9 Å². The molecular formula is C49H77FN4O15. The number of halogens is 1. The van der Waals surface area contributed by atoms with E-state index in [0.717, 1.165) is 6.08 Å². The first-order valence-electron chi connectivity index (χ1n) is 24.0. The Morgan fingerprint density at radius 3 is 2.30 bits per heavy atom. The molecule has 19 nitrogen and oxygen atoms in total. The number of carbonyl (C=O) groups is 4. The summed E-state index contributed by atoms with van der Waals surface area (Å²) in [5.41, 5.74) is 0.272. The third-order valence-corrected chi connectivity index (χ3v) is 14.5. The van der Waals surface area contributed by atoms with E-state index in [1.54, 1.807) is 47.6 Å². The number of nitrogens with one attached hydrogen (secondary N) is 2. The summed E-state index contributed by atoms with van der Waals surface area (Å²) in [4.78, 5) is 57.1. The van der Waals surface area contributed by atoms with Crippen LogP contribution in [-0.4, -0.2) is 169 Å². The Morgan fingerprint density at radius 2 is 1.67 bits per heavy atom. The summed E-state index contributed by atoms with van der Waals surface area (Å²) in [6.07, 6.45) is -8.46. The maximum absolute atomic E-state index is 14.7. The lowest BCUT2D eigenvalue weighted by Gasteiger charge is -2.49. The van der Waals surface area contributed by atoms with Crippen LogP contribution < -0.4 is 10.9 Å². The first-order chi connectivity index (χ1) is 32.2. The zero-order chi connectivity index (χ0) is 51.3. The number of fused-ring (bicyclic) bond motifs is 1. The number of methoxy groups -OCH3 is 1. The molecule has 2 amide bonds. The van der Waals surface area contributed by atoms with Gasteiger partial charge in [0.2, 0.25) is 0 Å². The number of hydrazine groups is 1. The van der Waals surface area contributed by atoms with Gasteiger partial charge in [-0.1, -0.05) is 39.0 Å². The number of cyclic esters (lactones) is 1. The number of carbonyl (C=O) groups excluding carboxylic acids is 4. The molecule has 0 saturated carbocycles. The van der Waals surface area contributed by atoms with Crippen LogP contribution in [-0.2, 0) is 52.2 Å². The molecule has 0 bridgehead atoms. The molecule has 20 heteroatoms. The van der Waals surface area contributed by atoms with E-state index in [1.165, 1.54) is 31.4 Å². The van der Waals surface area contributed by atoms with Crippen LogP contribution in [0.15, 0.2) is 30.3 Å². The monoisotopic (exact) mass is 981 g/mol. The molecular weight excluding hydrogens is 904 g/mol.